The predicted octanol–water partition coefficient (Wildman–Crippen LogP) is 0.670. The van der Waals surface area contributed by atoms with E-state index >= 15 is 0 Å². The minimum atomic E-state index is -4.78. The molecule has 140 valence electrons. The molecular formula is C17H20NO7P. The molecule has 2 aliphatic heterocycles. The first-order chi connectivity index (χ1) is 12.2. The molecule has 9 heteroatoms. The number of ether oxygens (including phenoxy) is 1. The normalized spacial score (nSPS) is 37.2. The van der Waals surface area contributed by atoms with E-state index in [1.807, 2.05) is 13.1 Å². The van der Waals surface area contributed by atoms with Gasteiger partial charge in [0.1, 0.15) is 18.0 Å². The Balaban J connectivity index is 1.80. The number of likely N-dealkylation sites (N-methyl/N-ethyl adjacent to an activating group) is 1. The Morgan fingerprint density at radius 1 is 1.38 bits per heavy atom. The third-order valence-electron chi connectivity index (χ3n) is 6.45. The maximum atomic E-state index is 11.4. The molecule has 1 aromatic rings. The van der Waals surface area contributed by atoms with Crippen LogP contribution in [0, 0.1) is 5.92 Å². The highest BCUT2D eigenvalue weighted by Crippen LogP contribution is 2.64. The lowest BCUT2D eigenvalue weighted by Gasteiger charge is -2.56. The molecule has 8 nitrogen and oxygen atoms in total. The fraction of sp³-hybridized carbons (Fsp3) is 0.529. The second-order valence-corrected chi connectivity index (χ2v) is 8.80. The molecule has 0 saturated carbocycles. The highest BCUT2D eigenvalue weighted by atomic mass is 31.2. The molecule has 2 bridgehead atoms. The second kappa shape index (κ2) is 5.03. The van der Waals surface area contributed by atoms with Gasteiger partial charge in [-0.15, -0.1) is 0 Å². The number of phosphoric ester groups is 1. The van der Waals surface area contributed by atoms with Crippen molar-refractivity contribution in [1.29, 1.82) is 0 Å². The number of aliphatic hydroxyl groups excluding tert-OH is 1. The van der Waals surface area contributed by atoms with Crippen LogP contribution < -0.4 is 9.26 Å². The average molecular weight is 381 g/mol. The molecule has 0 unspecified atom stereocenters. The van der Waals surface area contributed by atoms with Crippen molar-refractivity contribution in [3.63, 3.8) is 0 Å². The molecule has 1 saturated heterocycles. The van der Waals surface area contributed by atoms with E-state index in [0.717, 1.165) is 18.5 Å². The predicted molar refractivity (Wildman–Crippen MR) is 90.2 cm³/mol. The van der Waals surface area contributed by atoms with E-state index < -0.39 is 25.4 Å². The topological polar surface area (TPSA) is 120 Å². The highest BCUT2D eigenvalue weighted by molar-refractivity contribution is 7.46. The molecule has 5 atom stereocenters. The number of hydrogen-bond acceptors (Lipinski definition) is 6. The van der Waals surface area contributed by atoms with Gasteiger partial charge in [0.15, 0.2) is 11.5 Å². The smallest absolute Gasteiger partial charge is 0.504 e. The quantitative estimate of drug-likeness (QED) is 0.436. The van der Waals surface area contributed by atoms with Crippen molar-refractivity contribution in [2.45, 2.75) is 36.5 Å². The number of likely N-dealkylation sites (tertiary alicyclic amines) is 1. The molecule has 0 amide bonds. The third kappa shape index (κ3) is 1.96. The van der Waals surface area contributed by atoms with E-state index in [1.54, 1.807) is 6.08 Å². The summed E-state index contributed by atoms with van der Waals surface area (Å²) in [6, 6.07) is 1.30. The van der Waals surface area contributed by atoms with Crippen molar-refractivity contribution in [3.8, 4) is 17.2 Å². The number of hydrogen-bond donors (Lipinski definition) is 4. The first-order valence-corrected chi connectivity index (χ1v) is 10.1. The molecule has 0 radical (unpaired) electrons. The molecule has 4 aliphatic rings. The van der Waals surface area contributed by atoms with Gasteiger partial charge in [-0.2, -0.15) is 0 Å². The summed E-state index contributed by atoms with van der Waals surface area (Å²) in [5.74, 6) is 0.159. The summed E-state index contributed by atoms with van der Waals surface area (Å²) >= 11 is 0. The molecule has 1 spiro atoms. The standard InChI is InChI=1S/C17H20NO7P/c1-18-5-4-17-9-2-3-11(19)16(17)24-15-12(20)7-13(25-26(21,22)23)8(14(15)17)6-10(9)18/h2-3,7,9-11,16,19-20H,4-6H2,1H3,(H2,21,22,23)/t9-,10+,11-,16-,17-/m0/s1. The fourth-order valence-corrected chi connectivity index (χ4v) is 5.92. The van der Waals surface area contributed by atoms with Gasteiger partial charge in [0, 0.05) is 34.6 Å². The number of phosphoric acid groups is 1. The van der Waals surface area contributed by atoms with Crippen LogP contribution in [0.5, 0.6) is 17.2 Å². The van der Waals surface area contributed by atoms with Crippen LogP contribution in [-0.4, -0.2) is 56.7 Å². The van der Waals surface area contributed by atoms with Crippen molar-refractivity contribution < 1.29 is 33.8 Å². The summed E-state index contributed by atoms with van der Waals surface area (Å²) in [5, 5.41) is 21.0. The molecule has 0 aromatic heterocycles. The van der Waals surface area contributed by atoms with Crippen LogP contribution in [0.1, 0.15) is 17.5 Å². The van der Waals surface area contributed by atoms with E-state index in [4.69, 9.17) is 9.26 Å². The van der Waals surface area contributed by atoms with E-state index in [9.17, 15) is 24.6 Å². The Kier molecular flexibility index (Phi) is 3.21. The molecule has 4 N–H and O–H groups in total. The van der Waals surface area contributed by atoms with Crippen molar-refractivity contribution in [2.75, 3.05) is 13.6 Å². The van der Waals surface area contributed by atoms with Crippen molar-refractivity contribution in [1.82, 2.24) is 4.90 Å². The molecule has 26 heavy (non-hydrogen) atoms. The number of rotatable bonds is 2. The molecule has 1 fully saturated rings. The van der Waals surface area contributed by atoms with Crippen LogP contribution in [0.4, 0.5) is 0 Å². The van der Waals surface area contributed by atoms with Crippen molar-refractivity contribution >= 4 is 7.82 Å². The summed E-state index contributed by atoms with van der Waals surface area (Å²) < 4.78 is 22.4. The van der Waals surface area contributed by atoms with Gasteiger partial charge in [-0.1, -0.05) is 12.2 Å². The van der Waals surface area contributed by atoms with Crippen LogP contribution in [0.15, 0.2) is 18.2 Å². The third-order valence-corrected chi connectivity index (χ3v) is 6.89. The van der Waals surface area contributed by atoms with E-state index in [0.29, 0.717) is 17.7 Å². The Labute approximate surface area is 149 Å². The first kappa shape index (κ1) is 16.6. The van der Waals surface area contributed by atoms with Crippen molar-refractivity contribution in [2.24, 2.45) is 5.92 Å². The molecule has 2 heterocycles. The Hall–Kier alpha value is -1.57. The van der Waals surface area contributed by atoms with Crippen LogP contribution in [-0.2, 0) is 16.4 Å². The highest BCUT2D eigenvalue weighted by Gasteiger charge is 2.64. The maximum absolute atomic E-state index is 11.4. The molecule has 2 aliphatic carbocycles. The largest absolute Gasteiger partial charge is 0.524 e. The minimum absolute atomic E-state index is 0.0130. The Bertz CT molecular complexity index is 880. The number of aliphatic hydroxyl groups is 1. The lowest BCUT2D eigenvalue weighted by Crippen LogP contribution is -2.64. The zero-order valence-electron chi connectivity index (χ0n) is 14.1. The van der Waals surface area contributed by atoms with Gasteiger partial charge in [-0.3, -0.25) is 9.79 Å². The summed E-state index contributed by atoms with van der Waals surface area (Å²) in [6.45, 7) is 0.810. The molecule has 5 rings (SSSR count). The van der Waals surface area contributed by atoms with Gasteiger partial charge < -0.3 is 24.4 Å². The summed E-state index contributed by atoms with van der Waals surface area (Å²) in [6.07, 6.45) is 3.68. The first-order valence-electron chi connectivity index (χ1n) is 8.60. The second-order valence-electron chi connectivity index (χ2n) is 7.64. The zero-order valence-corrected chi connectivity index (χ0v) is 15.0. The van der Waals surface area contributed by atoms with Crippen LogP contribution in [0.3, 0.4) is 0 Å². The van der Waals surface area contributed by atoms with Gasteiger partial charge >= 0.3 is 7.82 Å². The number of phenolic OH excluding ortho intramolecular Hbond substituents is 1. The SMILES string of the molecule is CN1CC[C@]23c4c5c(OP(=O)(O)O)cc(O)c4O[C@H]2[C@@H](O)C=C[C@H]3[C@H]1C5. The number of nitrogens with zero attached hydrogens (tertiary/aromatic N) is 1. The lowest BCUT2D eigenvalue weighted by molar-refractivity contribution is -0.0454. The molecule has 1 aromatic carbocycles. The maximum Gasteiger partial charge on any atom is 0.524 e. The zero-order chi connectivity index (χ0) is 18.4. The van der Waals surface area contributed by atoms with Gasteiger partial charge in [-0.05, 0) is 26.4 Å². The number of piperidine rings is 1. The van der Waals surface area contributed by atoms with E-state index in [1.165, 1.54) is 6.07 Å². The number of benzene rings is 1. The Morgan fingerprint density at radius 3 is 2.88 bits per heavy atom. The van der Waals surface area contributed by atoms with Crippen molar-refractivity contribution in [3.05, 3.63) is 29.3 Å². The Morgan fingerprint density at radius 2 is 2.15 bits per heavy atom. The number of phenols is 1. The molecular weight excluding hydrogens is 361 g/mol. The monoisotopic (exact) mass is 381 g/mol. The van der Waals surface area contributed by atoms with Gasteiger partial charge in [0.05, 0.1) is 0 Å². The van der Waals surface area contributed by atoms with Crippen LogP contribution >= 0.6 is 7.82 Å². The summed E-state index contributed by atoms with van der Waals surface area (Å²) in [5.41, 5.74) is 0.864. The van der Waals surface area contributed by atoms with Gasteiger partial charge in [0.2, 0.25) is 0 Å². The van der Waals surface area contributed by atoms with E-state index in [-0.39, 0.29) is 23.5 Å². The fourth-order valence-electron chi connectivity index (χ4n) is 5.50. The minimum Gasteiger partial charge on any atom is -0.504 e. The average Bonchev–Trinajstić information content (AvgIpc) is 2.89. The van der Waals surface area contributed by atoms with E-state index in [2.05, 4.69) is 4.90 Å². The van der Waals surface area contributed by atoms with Crippen LogP contribution in [0.2, 0.25) is 0 Å². The van der Waals surface area contributed by atoms with Gasteiger partial charge in [0.25, 0.3) is 0 Å². The number of aromatic hydroxyl groups is 1. The van der Waals surface area contributed by atoms with Gasteiger partial charge in [-0.25, -0.2) is 4.57 Å². The van der Waals surface area contributed by atoms with Crippen LogP contribution in [0.25, 0.3) is 0 Å². The summed E-state index contributed by atoms with van der Waals surface area (Å²) in [7, 11) is -2.76. The lowest BCUT2D eigenvalue weighted by atomic mass is 9.53. The summed E-state index contributed by atoms with van der Waals surface area (Å²) in [4.78, 5) is 20.8.